The molecule has 0 aliphatic rings. The fourth-order valence-corrected chi connectivity index (χ4v) is 3.13. The summed E-state index contributed by atoms with van der Waals surface area (Å²) >= 11 is 1.41. The molecule has 1 heterocycles. The molecule has 0 aliphatic carbocycles. The van der Waals surface area contributed by atoms with E-state index in [2.05, 4.69) is 42.8 Å². The summed E-state index contributed by atoms with van der Waals surface area (Å²) in [6.45, 7) is 13.2. The number of rotatable bonds is 7. The summed E-state index contributed by atoms with van der Waals surface area (Å²) in [6, 6.07) is 6.22. The van der Waals surface area contributed by atoms with Crippen molar-refractivity contribution < 1.29 is 4.79 Å². The zero-order valence-electron chi connectivity index (χ0n) is 14.7. The second kappa shape index (κ2) is 8.15. The third-order valence-electron chi connectivity index (χ3n) is 3.81. The van der Waals surface area contributed by atoms with E-state index in [0.29, 0.717) is 18.8 Å². The smallest absolute Gasteiger partial charge is 0.233 e. The molecule has 0 N–H and O–H groups in total. The average molecular weight is 344 g/mol. The van der Waals surface area contributed by atoms with Crippen molar-refractivity contribution in [3.05, 3.63) is 47.8 Å². The summed E-state index contributed by atoms with van der Waals surface area (Å²) in [4.78, 5) is 14.2. The van der Waals surface area contributed by atoms with E-state index in [9.17, 15) is 4.79 Å². The monoisotopic (exact) mass is 344 g/mol. The molecule has 0 atom stereocenters. The van der Waals surface area contributed by atoms with Crippen LogP contribution in [0, 0.1) is 13.8 Å². The maximum atomic E-state index is 12.4. The second-order valence-corrected chi connectivity index (χ2v) is 6.85. The van der Waals surface area contributed by atoms with Gasteiger partial charge in [-0.1, -0.05) is 30.0 Å². The van der Waals surface area contributed by atoms with E-state index in [1.165, 1.54) is 22.9 Å². The van der Waals surface area contributed by atoms with Crippen molar-refractivity contribution in [2.75, 3.05) is 18.8 Å². The summed E-state index contributed by atoms with van der Waals surface area (Å²) in [7, 11) is 0. The van der Waals surface area contributed by atoms with Gasteiger partial charge in [-0.2, -0.15) is 0 Å². The average Bonchev–Trinajstić information content (AvgIpc) is 3.01. The van der Waals surface area contributed by atoms with Crippen molar-refractivity contribution in [1.29, 1.82) is 0 Å². The molecule has 5 nitrogen and oxygen atoms in total. The largest absolute Gasteiger partial charge is 0.338 e. The van der Waals surface area contributed by atoms with Crippen LogP contribution in [0.2, 0.25) is 0 Å². The number of likely N-dealkylation sites (N-methyl/N-ethyl adjacent to an activating group) is 1. The van der Waals surface area contributed by atoms with Crippen LogP contribution in [-0.4, -0.2) is 44.4 Å². The van der Waals surface area contributed by atoms with Crippen LogP contribution in [0.5, 0.6) is 0 Å². The van der Waals surface area contributed by atoms with E-state index in [1.54, 1.807) is 11.2 Å². The molecule has 24 heavy (non-hydrogen) atoms. The standard InChI is InChI=1S/C18H24N4OS/c1-6-21(10-13(2)3)17(23)11-24-18-20-19-12-22(18)16-8-7-14(4)15(5)9-16/h7-9,12H,2,6,10-11H2,1,3-5H3. The molecule has 1 aromatic carbocycles. The SMILES string of the molecule is C=C(C)CN(CC)C(=O)CSc1nncn1-c1ccc(C)c(C)c1. The van der Waals surface area contributed by atoms with E-state index in [1.807, 2.05) is 24.5 Å². The summed E-state index contributed by atoms with van der Waals surface area (Å²) in [5.41, 5.74) is 4.45. The van der Waals surface area contributed by atoms with Crippen molar-refractivity contribution in [3.63, 3.8) is 0 Å². The molecule has 2 aromatic rings. The van der Waals surface area contributed by atoms with E-state index in [0.717, 1.165) is 16.4 Å². The molecule has 0 saturated heterocycles. The van der Waals surface area contributed by atoms with Gasteiger partial charge in [-0.3, -0.25) is 9.36 Å². The molecule has 0 spiro atoms. The molecule has 0 fully saturated rings. The zero-order valence-corrected chi connectivity index (χ0v) is 15.6. The van der Waals surface area contributed by atoms with Crippen LogP contribution in [0.4, 0.5) is 0 Å². The van der Waals surface area contributed by atoms with Gasteiger partial charge in [0, 0.05) is 18.8 Å². The van der Waals surface area contributed by atoms with Crippen LogP contribution >= 0.6 is 11.8 Å². The van der Waals surface area contributed by atoms with Crippen molar-refractivity contribution in [1.82, 2.24) is 19.7 Å². The molecule has 1 aromatic heterocycles. The highest BCUT2D eigenvalue weighted by Gasteiger charge is 2.15. The minimum Gasteiger partial charge on any atom is -0.338 e. The predicted octanol–water partition coefficient (Wildman–Crippen LogP) is 3.40. The third kappa shape index (κ3) is 4.47. The molecule has 0 radical (unpaired) electrons. The Balaban J connectivity index is 2.09. The molecule has 2 rings (SSSR count). The fourth-order valence-electron chi connectivity index (χ4n) is 2.30. The minimum atomic E-state index is 0.0835. The Labute approximate surface area is 147 Å². The topological polar surface area (TPSA) is 51.0 Å². The van der Waals surface area contributed by atoms with Crippen molar-refractivity contribution >= 4 is 17.7 Å². The number of thioether (sulfide) groups is 1. The number of hydrogen-bond donors (Lipinski definition) is 0. The summed E-state index contributed by atoms with van der Waals surface area (Å²) in [5, 5.41) is 8.87. The van der Waals surface area contributed by atoms with Gasteiger partial charge in [-0.25, -0.2) is 0 Å². The molecule has 1 amide bonds. The number of benzene rings is 1. The lowest BCUT2D eigenvalue weighted by atomic mass is 10.1. The second-order valence-electron chi connectivity index (χ2n) is 5.91. The van der Waals surface area contributed by atoms with Gasteiger partial charge in [-0.05, 0) is 51.0 Å². The van der Waals surface area contributed by atoms with Crippen molar-refractivity contribution in [2.24, 2.45) is 0 Å². The lowest BCUT2D eigenvalue weighted by Gasteiger charge is -2.20. The van der Waals surface area contributed by atoms with Crippen LogP contribution < -0.4 is 0 Å². The Bertz CT molecular complexity index is 738. The maximum absolute atomic E-state index is 12.4. The molecule has 128 valence electrons. The first-order valence-corrected chi connectivity index (χ1v) is 8.93. The van der Waals surface area contributed by atoms with E-state index < -0.39 is 0 Å². The van der Waals surface area contributed by atoms with Crippen LogP contribution in [0.3, 0.4) is 0 Å². The van der Waals surface area contributed by atoms with Gasteiger partial charge in [0.25, 0.3) is 0 Å². The van der Waals surface area contributed by atoms with Crippen LogP contribution in [-0.2, 0) is 4.79 Å². The van der Waals surface area contributed by atoms with Gasteiger partial charge in [0.2, 0.25) is 5.91 Å². The number of carbonyl (C=O) groups is 1. The van der Waals surface area contributed by atoms with Crippen molar-refractivity contribution in [3.8, 4) is 5.69 Å². The predicted molar refractivity (Wildman–Crippen MR) is 98.6 cm³/mol. The van der Waals surface area contributed by atoms with Crippen LogP contribution in [0.25, 0.3) is 5.69 Å². The van der Waals surface area contributed by atoms with Gasteiger partial charge in [-0.15, -0.1) is 10.2 Å². The number of aryl methyl sites for hydroxylation is 2. The summed E-state index contributed by atoms with van der Waals surface area (Å²) < 4.78 is 1.92. The first-order valence-electron chi connectivity index (χ1n) is 7.95. The minimum absolute atomic E-state index is 0.0835. The quantitative estimate of drug-likeness (QED) is 0.570. The molecular formula is C18H24N4OS. The van der Waals surface area contributed by atoms with Crippen LogP contribution in [0.1, 0.15) is 25.0 Å². The van der Waals surface area contributed by atoms with E-state index in [4.69, 9.17) is 0 Å². The maximum Gasteiger partial charge on any atom is 0.233 e. The Kier molecular flexibility index (Phi) is 6.20. The van der Waals surface area contributed by atoms with Crippen LogP contribution in [0.15, 0.2) is 41.8 Å². The van der Waals surface area contributed by atoms with E-state index >= 15 is 0 Å². The normalized spacial score (nSPS) is 10.7. The van der Waals surface area contributed by atoms with Gasteiger partial charge >= 0.3 is 0 Å². The fraction of sp³-hybridized carbons (Fsp3) is 0.389. The Hall–Kier alpha value is -2.08. The lowest BCUT2D eigenvalue weighted by molar-refractivity contribution is -0.127. The molecule has 6 heteroatoms. The Morgan fingerprint density at radius 3 is 2.71 bits per heavy atom. The van der Waals surface area contributed by atoms with Gasteiger partial charge in [0.1, 0.15) is 6.33 Å². The molecule has 0 aliphatic heterocycles. The molecule has 0 unspecified atom stereocenters. The summed E-state index contributed by atoms with van der Waals surface area (Å²) in [6.07, 6.45) is 1.68. The van der Waals surface area contributed by atoms with Crippen molar-refractivity contribution in [2.45, 2.75) is 32.9 Å². The van der Waals surface area contributed by atoms with Gasteiger partial charge in [0.05, 0.1) is 5.75 Å². The lowest BCUT2D eigenvalue weighted by Crippen LogP contribution is -2.33. The van der Waals surface area contributed by atoms with Gasteiger partial charge < -0.3 is 4.90 Å². The third-order valence-corrected chi connectivity index (χ3v) is 4.73. The molecule has 0 saturated carbocycles. The summed E-state index contributed by atoms with van der Waals surface area (Å²) in [5.74, 6) is 0.421. The van der Waals surface area contributed by atoms with E-state index in [-0.39, 0.29) is 5.91 Å². The Morgan fingerprint density at radius 1 is 1.33 bits per heavy atom. The Morgan fingerprint density at radius 2 is 2.08 bits per heavy atom. The molecule has 0 bridgehead atoms. The highest BCUT2D eigenvalue weighted by Crippen LogP contribution is 2.21. The molecular weight excluding hydrogens is 320 g/mol. The number of amides is 1. The number of aromatic nitrogens is 3. The highest BCUT2D eigenvalue weighted by atomic mass is 32.2. The number of nitrogens with zero attached hydrogens (tertiary/aromatic N) is 4. The van der Waals surface area contributed by atoms with Gasteiger partial charge in [0.15, 0.2) is 5.16 Å². The first-order chi connectivity index (χ1) is 11.4. The zero-order chi connectivity index (χ0) is 17.7. The first kappa shape index (κ1) is 18.3. The highest BCUT2D eigenvalue weighted by molar-refractivity contribution is 7.99. The number of hydrogen-bond acceptors (Lipinski definition) is 4. The number of carbonyl (C=O) groups excluding carboxylic acids is 1.